The third-order valence-corrected chi connectivity index (χ3v) is 2.12. The van der Waals surface area contributed by atoms with Gasteiger partial charge in [-0.1, -0.05) is 0 Å². The summed E-state index contributed by atoms with van der Waals surface area (Å²) in [4.78, 5) is 32.6. The van der Waals surface area contributed by atoms with Crippen LogP contribution in [-0.4, -0.2) is 20.0 Å². The number of nitrogens with zero attached hydrogens (tertiary/aromatic N) is 2. The molecule has 14 heavy (non-hydrogen) atoms. The zero-order valence-electron chi connectivity index (χ0n) is 6.90. The van der Waals surface area contributed by atoms with E-state index < -0.39 is 18.7 Å². The first-order chi connectivity index (χ1) is 6.40. The standard InChI is InChI=1S/C6H7N2O5P/c9-8(10)6-2-1-3-7-5(6)4-14(11,12)13/h1-3H,4H2,(H2-,9,10,11,12,13). The van der Waals surface area contributed by atoms with Crippen LogP contribution in [0.25, 0.3) is 0 Å². The molecule has 0 saturated heterocycles. The van der Waals surface area contributed by atoms with E-state index in [0.717, 1.165) is 0 Å². The molecule has 0 bridgehead atoms. The van der Waals surface area contributed by atoms with Crippen LogP contribution in [0.1, 0.15) is 5.69 Å². The van der Waals surface area contributed by atoms with E-state index in [4.69, 9.17) is 10.1 Å². The smallest absolute Gasteiger partial charge is 0.338 e. The maximum absolute atomic E-state index is 10.5. The molecule has 0 aromatic carbocycles. The Morgan fingerprint density at radius 3 is 2.79 bits per heavy atom. The van der Waals surface area contributed by atoms with Crippen molar-refractivity contribution in [2.24, 2.45) is 0 Å². The van der Waals surface area contributed by atoms with Crippen LogP contribution in [0.4, 0.5) is 5.69 Å². The number of hydrogen-bond donors (Lipinski definition) is 2. The molecule has 0 aliphatic carbocycles. The molecule has 0 aliphatic heterocycles. The molecule has 76 valence electrons. The SMILES string of the molecule is O=[N+](O)c1cccnc1CP(=O)([O-])O. The summed E-state index contributed by atoms with van der Waals surface area (Å²) in [5, 5.41) is 8.57. The van der Waals surface area contributed by atoms with Crippen LogP contribution < -0.4 is 4.89 Å². The summed E-state index contributed by atoms with van der Waals surface area (Å²) in [6.45, 7) is 0. The van der Waals surface area contributed by atoms with Crippen LogP contribution in [0, 0.1) is 4.91 Å². The first-order valence-electron chi connectivity index (χ1n) is 3.53. The van der Waals surface area contributed by atoms with Crippen molar-refractivity contribution >= 4 is 13.3 Å². The number of hydrogen-bond acceptors (Lipinski definition) is 4. The molecule has 1 aromatic heterocycles. The van der Waals surface area contributed by atoms with Gasteiger partial charge in [0.2, 0.25) is 0 Å². The lowest BCUT2D eigenvalue weighted by atomic mass is 10.3. The maximum Gasteiger partial charge on any atom is 0.338 e. The van der Waals surface area contributed by atoms with Crippen molar-refractivity contribution in [2.45, 2.75) is 6.16 Å². The van der Waals surface area contributed by atoms with Gasteiger partial charge in [-0.05, 0) is 6.07 Å². The van der Waals surface area contributed by atoms with Crippen molar-refractivity contribution in [3.05, 3.63) is 28.9 Å². The minimum absolute atomic E-state index is 0.203. The Bertz CT molecular complexity index is 401. The first kappa shape index (κ1) is 10.8. The number of rotatable bonds is 3. The Morgan fingerprint density at radius 1 is 1.64 bits per heavy atom. The fourth-order valence-corrected chi connectivity index (χ4v) is 1.54. The van der Waals surface area contributed by atoms with Crippen LogP contribution in [0.3, 0.4) is 0 Å². The van der Waals surface area contributed by atoms with E-state index in [-0.39, 0.29) is 11.4 Å². The summed E-state index contributed by atoms with van der Waals surface area (Å²) >= 11 is 0. The third kappa shape index (κ3) is 2.88. The molecule has 1 aromatic rings. The van der Waals surface area contributed by atoms with Crippen molar-refractivity contribution in [3.8, 4) is 0 Å². The van der Waals surface area contributed by atoms with Crippen LogP contribution in [0.15, 0.2) is 18.3 Å². The second kappa shape index (κ2) is 3.83. The first-order valence-corrected chi connectivity index (χ1v) is 5.29. The highest BCUT2D eigenvalue weighted by atomic mass is 31.2. The van der Waals surface area contributed by atoms with Gasteiger partial charge >= 0.3 is 5.69 Å². The summed E-state index contributed by atoms with van der Waals surface area (Å²) in [6, 6.07) is 2.54. The Kier molecular flexibility index (Phi) is 2.95. The lowest BCUT2D eigenvalue weighted by Gasteiger charge is -2.13. The van der Waals surface area contributed by atoms with E-state index in [1.807, 2.05) is 0 Å². The summed E-state index contributed by atoms with van der Waals surface area (Å²) in [5.74, 6) is 0. The van der Waals surface area contributed by atoms with Crippen LogP contribution in [-0.2, 0) is 10.7 Å². The zero-order chi connectivity index (χ0) is 10.8. The van der Waals surface area contributed by atoms with E-state index >= 15 is 0 Å². The maximum atomic E-state index is 10.5. The molecule has 1 heterocycles. The van der Waals surface area contributed by atoms with Gasteiger partial charge in [0.15, 0.2) is 0 Å². The second-order valence-electron chi connectivity index (χ2n) is 2.54. The molecule has 0 radical (unpaired) electrons. The minimum Gasteiger partial charge on any atom is -0.778 e. The molecule has 8 heteroatoms. The van der Waals surface area contributed by atoms with E-state index in [9.17, 15) is 14.4 Å². The molecule has 0 fully saturated rings. The number of pyridine rings is 1. The highest BCUT2D eigenvalue weighted by molar-refractivity contribution is 7.49. The Labute approximate surface area is 78.7 Å². The molecule has 1 rings (SSSR count). The normalized spacial score (nSPS) is 14.7. The fraction of sp³-hybridized carbons (Fsp3) is 0.167. The predicted molar refractivity (Wildman–Crippen MR) is 42.8 cm³/mol. The zero-order valence-corrected chi connectivity index (χ0v) is 7.79. The molecule has 2 N–H and O–H groups in total. The summed E-state index contributed by atoms with van der Waals surface area (Å²) in [6.07, 6.45) is 0.459. The quantitative estimate of drug-likeness (QED) is 0.542. The van der Waals surface area contributed by atoms with E-state index in [1.54, 1.807) is 0 Å². The van der Waals surface area contributed by atoms with Gasteiger partial charge < -0.3 is 14.4 Å². The van der Waals surface area contributed by atoms with Gasteiger partial charge in [-0.3, -0.25) is 4.98 Å². The highest BCUT2D eigenvalue weighted by Gasteiger charge is 2.21. The van der Waals surface area contributed by atoms with Gasteiger partial charge in [-0.2, -0.15) is 0 Å². The summed E-state index contributed by atoms with van der Waals surface area (Å²) < 4.78 is 10.5. The lowest BCUT2D eigenvalue weighted by molar-refractivity contribution is -0.730. The van der Waals surface area contributed by atoms with Gasteiger partial charge in [-0.25, -0.2) is 5.21 Å². The lowest BCUT2D eigenvalue weighted by Crippen LogP contribution is -2.06. The van der Waals surface area contributed by atoms with Gasteiger partial charge in [0.05, 0.1) is 11.1 Å². The molecular weight excluding hydrogens is 211 g/mol. The van der Waals surface area contributed by atoms with Crippen molar-refractivity contribution in [3.63, 3.8) is 0 Å². The van der Waals surface area contributed by atoms with Crippen LogP contribution >= 0.6 is 7.60 Å². The molecule has 0 aliphatic rings. The average molecular weight is 218 g/mol. The van der Waals surface area contributed by atoms with Crippen molar-refractivity contribution in [1.29, 1.82) is 0 Å². The topological polar surface area (TPSA) is 114 Å². The minimum atomic E-state index is -4.54. The van der Waals surface area contributed by atoms with Crippen molar-refractivity contribution < 1.29 is 24.5 Å². The van der Waals surface area contributed by atoms with E-state index in [2.05, 4.69) is 4.98 Å². The van der Waals surface area contributed by atoms with Gasteiger partial charge in [0.25, 0.3) is 4.92 Å². The Morgan fingerprint density at radius 2 is 2.29 bits per heavy atom. The Balaban J connectivity index is 3.08. The Hall–Kier alpha value is -1.30. The largest absolute Gasteiger partial charge is 0.778 e. The molecule has 0 amide bonds. The predicted octanol–water partition coefficient (Wildman–Crippen LogP) is -0.0731. The number of aromatic nitrogens is 1. The molecule has 1 atom stereocenters. The van der Waals surface area contributed by atoms with Gasteiger partial charge in [0, 0.05) is 12.3 Å². The second-order valence-corrected chi connectivity index (χ2v) is 4.13. The molecule has 0 saturated carbocycles. The average Bonchev–Trinajstić information content (AvgIpc) is 2.01. The van der Waals surface area contributed by atoms with Crippen LogP contribution in [0.2, 0.25) is 0 Å². The fourth-order valence-electron chi connectivity index (χ4n) is 0.915. The molecule has 1 unspecified atom stereocenters. The molecular formula is C6H7N2O5P. The van der Waals surface area contributed by atoms with Crippen molar-refractivity contribution in [2.75, 3.05) is 0 Å². The summed E-state index contributed by atoms with van der Waals surface area (Å²) in [5.41, 5.74) is -0.511. The summed E-state index contributed by atoms with van der Waals surface area (Å²) in [7, 11) is -4.54. The molecule has 7 nitrogen and oxygen atoms in total. The monoisotopic (exact) mass is 218 g/mol. The van der Waals surface area contributed by atoms with Crippen molar-refractivity contribution in [1.82, 2.24) is 4.98 Å². The van der Waals surface area contributed by atoms with Gasteiger partial charge in [-0.15, -0.1) is 0 Å². The molecule has 0 spiro atoms. The van der Waals surface area contributed by atoms with E-state index in [0.29, 0.717) is 0 Å². The highest BCUT2D eigenvalue weighted by Crippen LogP contribution is 2.35. The van der Waals surface area contributed by atoms with Crippen LogP contribution in [0.5, 0.6) is 0 Å². The third-order valence-electron chi connectivity index (χ3n) is 1.42. The van der Waals surface area contributed by atoms with E-state index in [1.165, 1.54) is 18.3 Å². The van der Waals surface area contributed by atoms with Gasteiger partial charge in [0.1, 0.15) is 13.3 Å².